The summed E-state index contributed by atoms with van der Waals surface area (Å²) in [6.07, 6.45) is 0.296. The molecule has 2 atom stereocenters. The monoisotopic (exact) mass is 457 g/mol. The van der Waals surface area contributed by atoms with E-state index in [1.54, 1.807) is 0 Å². The molecule has 1 aliphatic rings. The summed E-state index contributed by atoms with van der Waals surface area (Å²) in [5, 5.41) is 2.64. The molecule has 29 heavy (non-hydrogen) atoms. The number of benzene rings is 2. The molecular formula is C23H24BrNO4. The van der Waals surface area contributed by atoms with Gasteiger partial charge in [-0.3, -0.25) is 4.79 Å². The number of carbonyl (C=O) groups excluding carboxylic acids is 3. The molecule has 152 valence electrons. The summed E-state index contributed by atoms with van der Waals surface area (Å²) in [5.41, 5.74) is 4.55. The molecule has 0 heterocycles. The van der Waals surface area contributed by atoms with Crippen molar-refractivity contribution in [3.8, 4) is 11.1 Å². The average Bonchev–Trinajstić information content (AvgIpc) is 3.04. The molecular weight excluding hydrogens is 434 g/mol. The van der Waals surface area contributed by atoms with E-state index in [2.05, 4.69) is 33.4 Å². The fourth-order valence-electron chi connectivity index (χ4n) is 3.76. The molecule has 3 rings (SSSR count). The van der Waals surface area contributed by atoms with Gasteiger partial charge >= 0.3 is 6.09 Å². The standard InChI is InChI=1S/C23H24BrNO4/c1-14(2)11-21(22(27)20(24)12-26)25-23(28)29-13-19-17-9-5-3-7-15(17)16-8-4-6-10-18(16)19/h3-10,12,14,19-21H,11,13H2,1-2H3,(H,25,28)/t20?,21-/m0/s1. The highest BCUT2D eigenvalue weighted by Crippen LogP contribution is 2.44. The summed E-state index contributed by atoms with van der Waals surface area (Å²) in [6, 6.07) is 15.4. The Morgan fingerprint density at radius 1 is 1.07 bits per heavy atom. The Hall–Kier alpha value is -2.47. The molecule has 0 aliphatic heterocycles. The number of alkyl halides is 1. The van der Waals surface area contributed by atoms with E-state index in [9.17, 15) is 14.4 Å². The van der Waals surface area contributed by atoms with Crippen molar-refractivity contribution in [3.63, 3.8) is 0 Å². The zero-order valence-corrected chi connectivity index (χ0v) is 18.0. The third-order valence-corrected chi connectivity index (χ3v) is 5.74. The van der Waals surface area contributed by atoms with Gasteiger partial charge in [-0.1, -0.05) is 78.3 Å². The van der Waals surface area contributed by atoms with Gasteiger partial charge in [0, 0.05) is 5.92 Å². The van der Waals surface area contributed by atoms with Crippen LogP contribution in [0, 0.1) is 5.92 Å². The molecule has 0 saturated carbocycles. The summed E-state index contributed by atoms with van der Waals surface area (Å²) in [4.78, 5) is 34.8. The van der Waals surface area contributed by atoms with Crippen LogP contribution in [0.5, 0.6) is 0 Å². The molecule has 0 spiro atoms. The number of rotatable bonds is 8. The number of amides is 1. The number of aldehydes is 1. The Labute approximate surface area is 179 Å². The van der Waals surface area contributed by atoms with E-state index < -0.39 is 17.0 Å². The fraction of sp³-hybridized carbons (Fsp3) is 0.348. The normalized spacial score (nSPS) is 14.6. The highest BCUT2D eigenvalue weighted by molar-refractivity contribution is 9.10. The van der Waals surface area contributed by atoms with Crippen LogP contribution < -0.4 is 5.32 Å². The summed E-state index contributed by atoms with van der Waals surface area (Å²) in [6.45, 7) is 4.07. The highest BCUT2D eigenvalue weighted by Gasteiger charge is 2.31. The van der Waals surface area contributed by atoms with Crippen LogP contribution in [0.1, 0.15) is 37.3 Å². The van der Waals surface area contributed by atoms with Crippen LogP contribution >= 0.6 is 15.9 Å². The van der Waals surface area contributed by atoms with Crippen molar-refractivity contribution in [1.29, 1.82) is 0 Å². The first-order valence-electron chi connectivity index (χ1n) is 9.67. The Balaban J connectivity index is 1.70. The Bertz CT molecular complexity index is 866. The lowest BCUT2D eigenvalue weighted by atomic mass is 9.98. The third-order valence-electron chi connectivity index (χ3n) is 5.08. The van der Waals surface area contributed by atoms with Gasteiger partial charge in [-0.05, 0) is 34.6 Å². The average molecular weight is 458 g/mol. The third kappa shape index (κ3) is 4.75. The lowest BCUT2D eigenvalue weighted by Gasteiger charge is -2.21. The molecule has 1 aliphatic carbocycles. The van der Waals surface area contributed by atoms with Crippen LogP contribution in [0.15, 0.2) is 48.5 Å². The minimum absolute atomic E-state index is 0.0497. The minimum Gasteiger partial charge on any atom is -0.449 e. The summed E-state index contributed by atoms with van der Waals surface area (Å²) < 4.78 is 5.51. The first kappa shape index (κ1) is 21.2. The lowest BCUT2D eigenvalue weighted by molar-refractivity contribution is -0.123. The molecule has 2 aromatic rings. The molecule has 5 nitrogen and oxygen atoms in total. The van der Waals surface area contributed by atoms with Gasteiger partial charge in [-0.2, -0.15) is 0 Å². The van der Waals surface area contributed by atoms with E-state index in [-0.39, 0.29) is 24.2 Å². The molecule has 0 radical (unpaired) electrons. The van der Waals surface area contributed by atoms with Crippen molar-refractivity contribution < 1.29 is 19.1 Å². The Morgan fingerprint density at radius 3 is 2.14 bits per heavy atom. The molecule has 1 N–H and O–H groups in total. The van der Waals surface area contributed by atoms with Crippen LogP contribution in [0.3, 0.4) is 0 Å². The summed E-state index contributed by atoms with van der Waals surface area (Å²) in [7, 11) is 0. The minimum atomic E-state index is -0.944. The maximum atomic E-state index is 12.4. The number of Topliss-reactive ketones (excluding diaryl/α,β-unsaturated/α-hetero) is 1. The topological polar surface area (TPSA) is 72.5 Å². The van der Waals surface area contributed by atoms with Gasteiger partial charge in [0.1, 0.15) is 17.7 Å². The molecule has 2 aromatic carbocycles. The van der Waals surface area contributed by atoms with E-state index in [0.29, 0.717) is 12.7 Å². The van der Waals surface area contributed by atoms with Crippen molar-refractivity contribution in [3.05, 3.63) is 59.7 Å². The molecule has 0 fully saturated rings. The Kier molecular flexibility index (Phi) is 6.85. The van der Waals surface area contributed by atoms with Gasteiger partial charge < -0.3 is 14.8 Å². The first-order valence-corrected chi connectivity index (χ1v) is 10.6. The number of halogens is 1. The predicted molar refractivity (Wildman–Crippen MR) is 115 cm³/mol. The van der Waals surface area contributed by atoms with Crippen LogP contribution in [-0.4, -0.2) is 35.6 Å². The number of hydrogen-bond acceptors (Lipinski definition) is 4. The molecule has 0 saturated heterocycles. The van der Waals surface area contributed by atoms with Crippen molar-refractivity contribution >= 4 is 34.1 Å². The van der Waals surface area contributed by atoms with E-state index in [4.69, 9.17) is 4.74 Å². The molecule has 6 heteroatoms. The second-order valence-corrected chi connectivity index (χ2v) is 8.58. The van der Waals surface area contributed by atoms with E-state index in [0.717, 1.165) is 22.3 Å². The fourth-order valence-corrected chi connectivity index (χ4v) is 4.08. The van der Waals surface area contributed by atoms with Gasteiger partial charge in [0.25, 0.3) is 0 Å². The number of carbonyl (C=O) groups is 3. The van der Waals surface area contributed by atoms with Crippen LogP contribution in [0.4, 0.5) is 4.79 Å². The van der Waals surface area contributed by atoms with Gasteiger partial charge in [-0.25, -0.2) is 4.79 Å². The second-order valence-electron chi connectivity index (χ2n) is 7.59. The van der Waals surface area contributed by atoms with Crippen LogP contribution in [0.2, 0.25) is 0 Å². The molecule has 1 amide bonds. The summed E-state index contributed by atoms with van der Waals surface area (Å²) >= 11 is 3.04. The largest absolute Gasteiger partial charge is 0.449 e. The maximum Gasteiger partial charge on any atom is 0.407 e. The van der Waals surface area contributed by atoms with E-state index in [1.165, 1.54) is 0 Å². The van der Waals surface area contributed by atoms with Crippen molar-refractivity contribution in [2.45, 2.75) is 37.1 Å². The number of alkyl carbamates (subject to hydrolysis) is 1. The number of ketones is 1. The number of fused-ring (bicyclic) bond motifs is 3. The molecule has 1 unspecified atom stereocenters. The Morgan fingerprint density at radius 2 is 1.62 bits per heavy atom. The number of ether oxygens (including phenoxy) is 1. The predicted octanol–water partition coefficient (Wildman–Crippen LogP) is 4.47. The van der Waals surface area contributed by atoms with Gasteiger partial charge in [-0.15, -0.1) is 0 Å². The van der Waals surface area contributed by atoms with Gasteiger partial charge in [0.15, 0.2) is 5.78 Å². The van der Waals surface area contributed by atoms with E-state index >= 15 is 0 Å². The van der Waals surface area contributed by atoms with Crippen LogP contribution in [0.25, 0.3) is 11.1 Å². The second kappa shape index (κ2) is 9.35. The zero-order valence-electron chi connectivity index (χ0n) is 16.4. The first-order chi connectivity index (χ1) is 13.9. The smallest absolute Gasteiger partial charge is 0.407 e. The quantitative estimate of drug-likeness (QED) is 0.360. The molecule has 0 aromatic heterocycles. The maximum absolute atomic E-state index is 12.4. The molecule has 0 bridgehead atoms. The number of nitrogens with one attached hydrogen (secondary N) is 1. The number of hydrogen-bond donors (Lipinski definition) is 1. The van der Waals surface area contributed by atoms with Crippen molar-refractivity contribution in [2.24, 2.45) is 5.92 Å². The zero-order chi connectivity index (χ0) is 21.0. The van der Waals surface area contributed by atoms with Crippen molar-refractivity contribution in [1.82, 2.24) is 5.32 Å². The van der Waals surface area contributed by atoms with Gasteiger partial charge in [0.05, 0.1) is 6.04 Å². The lowest BCUT2D eigenvalue weighted by Crippen LogP contribution is -2.45. The SMILES string of the molecule is CC(C)C[C@H](NC(=O)OCC1c2ccccc2-c2ccccc21)C(=O)C(Br)C=O. The van der Waals surface area contributed by atoms with E-state index in [1.807, 2.05) is 50.2 Å². The highest BCUT2D eigenvalue weighted by atomic mass is 79.9. The van der Waals surface area contributed by atoms with Gasteiger partial charge in [0.2, 0.25) is 0 Å². The van der Waals surface area contributed by atoms with Crippen LogP contribution in [-0.2, 0) is 14.3 Å². The summed E-state index contributed by atoms with van der Waals surface area (Å²) in [5.74, 6) is -0.252. The van der Waals surface area contributed by atoms with Crippen molar-refractivity contribution in [2.75, 3.05) is 6.61 Å².